The highest BCUT2D eigenvalue weighted by Gasteiger charge is 2.20. The molecule has 0 bridgehead atoms. The predicted molar refractivity (Wildman–Crippen MR) is 92.7 cm³/mol. The van der Waals surface area contributed by atoms with E-state index >= 15 is 0 Å². The van der Waals surface area contributed by atoms with Gasteiger partial charge in [-0.3, -0.25) is 9.69 Å². The minimum Gasteiger partial charge on any atom is -0.482 e. The summed E-state index contributed by atoms with van der Waals surface area (Å²) in [6.45, 7) is 0.957. The largest absolute Gasteiger partial charge is 0.482 e. The van der Waals surface area contributed by atoms with Crippen LogP contribution in [0.25, 0.3) is 0 Å². The van der Waals surface area contributed by atoms with Crippen molar-refractivity contribution in [3.05, 3.63) is 53.3 Å². The summed E-state index contributed by atoms with van der Waals surface area (Å²) in [4.78, 5) is 25.1. The Bertz CT molecular complexity index is 798. The molecule has 0 atom stereocenters. The Morgan fingerprint density at radius 3 is 2.68 bits per heavy atom. The molecular weight excluding hydrogens is 349 g/mol. The second kappa shape index (κ2) is 7.40. The van der Waals surface area contributed by atoms with Gasteiger partial charge in [0.2, 0.25) is 0 Å². The average Bonchev–Trinajstić information content (AvgIpc) is 3.01. The summed E-state index contributed by atoms with van der Waals surface area (Å²) in [6, 6.07) is 10.4. The molecule has 1 fully saturated rings. The molecule has 8 heteroatoms. The first-order chi connectivity index (χ1) is 12.0. The van der Waals surface area contributed by atoms with Crippen molar-refractivity contribution in [3.8, 4) is 5.75 Å². The van der Waals surface area contributed by atoms with Gasteiger partial charge in [0.05, 0.1) is 5.02 Å². The van der Waals surface area contributed by atoms with Gasteiger partial charge in [0, 0.05) is 24.5 Å². The Hall–Kier alpha value is -2.80. The van der Waals surface area contributed by atoms with E-state index < -0.39 is 5.82 Å². The summed E-state index contributed by atoms with van der Waals surface area (Å²) in [5, 5.41) is 5.49. The maximum atomic E-state index is 13.0. The number of nitrogens with zero attached hydrogens (tertiary/aromatic N) is 1. The first-order valence-electron chi connectivity index (χ1n) is 7.56. The Morgan fingerprint density at radius 2 is 2.04 bits per heavy atom. The van der Waals surface area contributed by atoms with E-state index in [4.69, 9.17) is 16.3 Å². The van der Waals surface area contributed by atoms with Crippen molar-refractivity contribution in [2.24, 2.45) is 0 Å². The van der Waals surface area contributed by atoms with Crippen molar-refractivity contribution < 1.29 is 18.7 Å². The Labute approximate surface area is 148 Å². The average molecular weight is 364 g/mol. The Kier molecular flexibility index (Phi) is 5.04. The Balaban J connectivity index is 1.55. The van der Waals surface area contributed by atoms with E-state index in [2.05, 4.69) is 10.6 Å². The van der Waals surface area contributed by atoms with Crippen molar-refractivity contribution in [1.82, 2.24) is 5.32 Å². The van der Waals surface area contributed by atoms with Gasteiger partial charge in [0.15, 0.2) is 6.61 Å². The van der Waals surface area contributed by atoms with Crippen molar-refractivity contribution in [2.75, 3.05) is 29.9 Å². The normalized spacial score (nSPS) is 13.5. The number of amides is 3. The van der Waals surface area contributed by atoms with Crippen LogP contribution in [0.5, 0.6) is 5.75 Å². The summed E-state index contributed by atoms with van der Waals surface area (Å²) >= 11 is 5.83. The number of rotatable bonds is 5. The van der Waals surface area contributed by atoms with Crippen LogP contribution >= 0.6 is 11.6 Å². The third-order valence-electron chi connectivity index (χ3n) is 3.57. The van der Waals surface area contributed by atoms with E-state index in [1.807, 2.05) is 0 Å². The molecule has 130 valence electrons. The summed E-state index contributed by atoms with van der Waals surface area (Å²) in [5.41, 5.74) is 1.32. The van der Waals surface area contributed by atoms with E-state index in [1.54, 1.807) is 29.2 Å². The molecule has 0 spiro atoms. The van der Waals surface area contributed by atoms with Crippen molar-refractivity contribution in [3.63, 3.8) is 0 Å². The number of nitrogens with one attached hydrogen (secondary N) is 2. The van der Waals surface area contributed by atoms with Crippen LogP contribution in [-0.2, 0) is 4.79 Å². The maximum Gasteiger partial charge on any atom is 0.321 e. The van der Waals surface area contributed by atoms with Crippen molar-refractivity contribution in [2.45, 2.75) is 0 Å². The van der Waals surface area contributed by atoms with E-state index in [0.717, 1.165) is 11.8 Å². The molecule has 1 aliphatic rings. The topological polar surface area (TPSA) is 70.7 Å². The van der Waals surface area contributed by atoms with Gasteiger partial charge in [-0.15, -0.1) is 0 Å². The van der Waals surface area contributed by atoms with Gasteiger partial charge in [0.25, 0.3) is 5.91 Å². The molecule has 0 radical (unpaired) electrons. The number of carbonyl (C=O) groups excluding carboxylic acids is 2. The molecule has 1 saturated heterocycles. The molecule has 3 rings (SSSR count). The minimum atomic E-state index is -0.478. The quantitative estimate of drug-likeness (QED) is 0.857. The van der Waals surface area contributed by atoms with E-state index in [0.29, 0.717) is 18.8 Å². The first kappa shape index (κ1) is 17.0. The monoisotopic (exact) mass is 363 g/mol. The summed E-state index contributed by atoms with van der Waals surface area (Å²) in [7, 11) is 0. The van der Waals surface area contributed by atoms with Gasteiger partial charge >= 0.3 is 6.03 Å². The fraction of sp³-hybridized carbons (Fsp3) is 0.176. The molecule has 25 heavy (non-hydrogen) atoms. The number of ether oxygens (including phenoxy) is 1. The molecule has 0 saturated carbocycles. The van der Waals surface area contributed by atoms with Gasteiger partial charge in [-0.1, -0.05) is 11.6 Å². The smallest absolute Gasteiger partial charge is 0.321 e. The fourth-order valence-electron chi connectivity index (χ4n) is 2.38. The molecule has 0 unspecified atom stereocenters. The van der Waals surface area contributed by atoms with Gasteiger partial charge in [-0.05, 0) is 42.5 Å². The van der Waals surface area contributed by atoms with Crippen LogP contribution in [0.3, 0.4) is 0 Å². The number of benzene rings is 2. The minimum absolute atomic E-state index is 0.0982. The molecule has 2 aromatic carbocycles. The zero-order valence-electron chi connectivity index (χ0n) is 13.1. The third kappa shape index (κ3) is 4.19. The highest BCUT2D eigenvalue weighted by atomic mass is 35.5. The van der Waals surface area contributed by atoms with E-state index in [1.165, 1.54) is 12.1 Å². The lowest BCUT2D eigenvalue weighted by Crippen LogP contribution is -2.27. The third-order valence-corrected chi connectivity index (χ3v) is 3.87. The summed E-state index contributed by atoms with van der Waals surface area (Å²) in [6.07, 6.45) is 0. The van der Waals surface area contributed by atoms with E-state index in [-0.39, 0.29) is 29.3 Å². The Morgan fingerprint density at radius 1 is 1.28 bits per heavy atom. The van der Waals surface area contributed by atoms with Crippen LogP contribution in [-0.4, -0.2) is 31.6 Å². The van der Waals surface area contributed by atoms with Gasteiger partial charge in [-0.2, -0.15) is 0 Å². The molecule has 2 aromatic rings. The number of hydrogen-bond acceptors (Lipinski definition) is 3. The molecule has 1 aliphatic heterocycles. The summed E-state index contributed by atoms with van der Waals surface area (Å²) in [5.74, 6) is -0.630. The van der Waals surface area contributed by atoms with Crippen LogP contribution < -0.4 is 20.3 Å². The molecule has 1 heterocycles. The molecule has 0 aromatic heterocycles. The summed E-state index contributed by atoms with van der Waals surface area (Å²) < 4.78 is 18.2. The predicted octanol–water partition coefficient (Wildman–Crippen LogP) is 3.03. The molecule has 6 nitrogen and oxygen atoms in total. The SMILES string of the molecule is O=C(COc1ccc(F)cc1Cl)Nc1ccc(N2CCNC2=O)cc1. The molecular formula is C17H15ClFN3O3. The fourth-order valence-corrected chi connectivity index (χ4v) is 2.60. The second-order valence-corrected chi connectivity index (χ2v) is 5.75. The van der Waals surface area contributed by atoms with Crippen LogP contribution in [0.1, 0.15) is 0 Å². The zero-order chi connectivity index (χ0) is 17.8. The van der Waals surface area contributed by atoms with Gasteiger partial charge in [-0.25, -0.2) is 9.18 Å². The van der Waals surface area contributed by atoms with Crippen LogP contribution in [0, 0.1) is 5.82 Å². The molecule has 0 aliphatic carbocycles. The lowest BCUT2D eigenvalue weighted by Gasteiger charge is -2.15. The molecule has 2 N–H and O–H groups in total. The number of carbonyl (C=O) groups is 2. The van der Waals surface area contributed by atoms with Gasteiger partial charge < -0.3 is 15.4 Å². The highest BCUT2D eigenvalue weighted by molar-refractivity contribution is 6.32. The second-order valence-electron chi connectivity index (χ2n) is 5.34. The zero-order valence-corrected chi connectivity index (χ0v) is 13.8. The lowest BCUT2D eigenvalue weighted by atomic mass is 10.2. The first-order valence-corrected chi connectivity index (χ1v) is 7.94. The number of anilines is 2. The lowest BCUT2D eigenvalue weighted by molar-refractivity contribution is -0.118. The van der Waals surface area contributed by atoms with Crippen molar-refractivity contribution >= 4 is 34.9 Å². The van der Waals surface area contributed by atoms with Crippen LogP contribution in [0.4, 0.5) is 20.6 Å². The highest BCUT2D eigenvalue weighted by Crippen LogP contribution is 2.25. The number of halogens is 2. The standard InChI is InChI=1S/C17H15ClFN3O3/c18-14-9-11(19)1-6-15(14)25-10-16(23)21-12-2-4-13(5-3-12)22-8-7-20-17(22)24/h1-6,9H,7-8,10H2,(H,20,24)(H,21,23). The van der Waals surface area contributed by atoms with E-state index in [9.17, 15) is 14.0 Å². The van der Waals surface area contributed by atoms with Crippen LogP contribution in [0.2, 0.25) is 5.02 Å². The molecule has 3 amide bonds. The van der Waals surface area contributed by atoms with Crippen LogP contribution in [0.15, 0.2) is 42.5 Å². The maximum absolute atomic E-state index is 13.0. The number of hydrogen-bond donors (Lipinski definition) is 2. The number of urea groups is 1. The van der Waals surface area contributed by atoms with Crippen molar-refractivity contribution in [1.29, 1.82) is 0 Å². The van der Waals surface area contributed by atoms with Gasteiger partial charge in [0.1, 0.15) is 11.6 Å².